The van der Waals surface area contributed by atoms with Gasteiger partial charge in [0.1, 0.15) is 5.75 Å². The Morgan fingerprint density at radius 2 is 2.33 bits per heavy atom. The van der Waals surface area contributed by atoms with Crippen molar-refractivity contribution >= 4 is 11.6 Å². The van der Waals surface area contributed by atoms with Crippen LogP contribution in [0.2, 0.25) is 5.02 Å². The van der Waals surface area contributed by atoms with Crippen molar-refractivity contribution < 1.29 is 9.47 Å². The number of rotatable bonds is 6. The molecule has 2 rings (SSSR count). The number of methoxy groups -OCH3 is 1. The van der Waals surface area contributed by atoms with Gasteiger partial charge >= 0.3 is 0 Å². The summed E-state index contributed by atoms with van der Waals surface area (Å²) < 4.78 is 10.7. The van der Waals surface area contributed by atoms with E-state index in [1.807, 2.05) is 12.1 Å². The molecule has 0 fully saturated rings. The summed E-state index contributed by atoms with van der Waals surface area (Å²) in [6, 6.07) is 4.10. The first kappa shape index (κ1) is 13.7. The molecule has 0 amide bonds. The van der Waals surface area contributed by atoms with Crippen LogP contribution in [0, 0.1) is 0 Å². The van der Waals surface area contributed by atoms with E-state index in [1.54, 1.807) is 7.11 Å². The van der Waals surface area contributed by atoms with Crippen LogP contribution in [0.4, 0.5) is 0 Å². The van der Waals surface area contributed by atoms with Gasteiger partial charge < -0.3 is 15.2 Å². The summed E-state index contributed by atoms with van der Waals surface area (Å²) in [5, 5.41) is 0.776. The molecule has 18 heavy (non-hydrogen) atoms. The van der Waals surface area contributed by atoms with Gasteiger partial charge in [0.05, 0.1) is 6.61 Å². The summed E-state index contributed by atoms with van der Waals surface area (Å²) in [6.45, 7) is 1.51. The molecule has 1 atom stereocenters. The van der Waals surface area contributed by atoms with E-state index < -0.39 is 0 Å². The Bertz CT molecular complexity index is 409. The SMILES string of the molecule is COCCCC(N)Cc1cc(Cl)cc2c1OCC2. The summed E-state index contributed by atoms with van der Waals surface area (Å²) in [4.78, 5) is 0. The Morgan fingerprint density at radius 3 is 3.11 bits per heavy atom. The van der Waals surface area contributed by atoms with Crippen LogP contribution in [0.25, 0.3) is 0 Å². The predicted molar refractivity (Wildman–Crippen MR) is 73.4 cm³/mol. The molecular formula is C14H20ClNO2. The highest BCUT2D eigenvalue weighted by atomic mass is 35.5. The fourth-order valence-electron chi connectivity index (χ4n) is 2.37. The van der Waals surface area contributed by atoms with Crippen molar-refractivity contribution in [3.63, 3.8) is 0 Å². The Hall–Kier alpha value is -0.770. The van der Waals surface area contributed by atoms with E-state index in [4.69, 9.17) is 26.8 Å². The number of fused-ring (bicyclic) bond motifs is 1. The first-order chi connectivity index (χ1) is 8.70. The Kier molecular flexibility index (Phi) is 4.87. The molecule has 1 aliphatic rings. The fraction of sp³-hybridized carbons (Fsp3) is 0.571. The van der Waals surface area contributed by atoms with E-state index in [-0.39, 0.29) is 6.04 Å². The van der Waals surface area contributed by atoms with Gasteiger partial charge in [0.15, 0.2) is 0 Å². The van der Waals surface area contributed by atoms with Gasteiger partial charge in [0.25, 0.3) is 0 Å². The molecule has 1 aromatic rings. The second-order valence-electron chi connectivity index (χ2n) is 4.75. The predicted octanol–water partition coefficient (Wildman–Crippen LogP) is 2.57. The summed E-state index contributed by atoms with van der Waals surface area (Å²) in [6.07, 6.45) is 3.70. The molecule has 2 N–H and O–H groups in total. The largest absolute Gasteiger partial charge is 0.493 e. The molecular weight excluding hydrogens is 250 g/mol. The van der Waals surface area contributed by atoms with Gasteiger partial charge in [0, 0.05) is 31.2 Å². The minimum atomic E-state index is 0.131. The molecule has 0 aliphatic carbocycles. The summed E-state index contributed by atoms with van der Waals surface area (Å²) in [5.74, 6) is 1.00. The first-order valence-electron chi connectivity index (χ1n) is 6.39. The minimum absolute atomic E-state index is 0.131. The van der Waals surface area contributed by atoms with Crippen LogP contribution in [-0.2, 0) is 17.6 Å². The number of ether oxygens (including phenoxy) is 2. The van der Waals surface area contributed by atoms with Crippen molar-refractivity contribution in [2.24, 2.45) is 5.73 Å². The van der Waals surface area contributed by atoms with E-state index >= 15 is 0 Å². The van der Waals surface area contributed by atoms with Crippen molar-refractivity contribution in [3.8, 4) is 5.75 Å². The number of hydrogen-bond donors (Lipinski definition) is 1. The number of halogens is 1. The number of benzene rings is 1. The standard InChI is InChI=1S/C14H20ClNO2/c1-17-5-2-3-13(16)9-11-8-12(15)7-10-4-6-18-14(10)11/h7-8,13H,2-6,9,16H2,1H3. The van der Waals surface area contributed by atoms with Crippen LogP contribution in [-0.4, -0.2) is 26.4 Å². The monoisotopic (exact) mass is 269 g/mol. The Balaban J connectivity index is 2.00. The van der Waals surface area contributed by atoms with Crippen molar-refractivity contribution in [2.75, 3.05) is 20.3 Å². The van der Waals surface area contributed by atoms with Gasteiger partial charge in [-0.3, -0.25) is 0 Å². The van der Waals surface area contributed by atoms with E-state index in [1.165, 1.54) is 5.56 Å². The van der Waals surface area contributed by atoms with Gasteiger partial charge in [-0.1, -0.05) is 11.6 Å². The lowest BCUT2D eigenvalue weighted by atomic mass is 9.99. The molecule has 0 spiro atoms. The van der Waals surface area contributed by atoms with E-state index in [9.17, 15) is 0 Å². The molecule has 0 saturated heterocycles. The summed E-state index contributed by atoms with van der Waals surface area (Å²) in [7, 11) is 1.71. The minimum Gasteiger partial charge on any atom is -0.493 e. The van der Waals surface area contributed by atoms with Crippen molar-refractivity contribution in [2.45, 2.75) is 31.7 Å². The zero-order chi connectivity index (χ0) is 13.0. The fourth-order valence-corrected chi connectivity index (χ4v) is 2.64. The average molecular weight is 270 g/mol. The molecule has 1 heterocycles. The van der Waals surface area contributed by atoms with Gasteiger partial charge in [-0.25, -0.2) is 0 Å². The lowest BCUT2D eigenvalue weighted by molar-refractivity contribution is 0.190. The maximum absolute atomic E-state index is 6.14. The van der Waals surface area contributed by atoms with Crippen molar-refractivity contribution in [3.05, 3.63) is 28.3 Å². The highest BCUT2D eigenvalue weighted by Gasteiger charge is 2.18. The second kappa shape index (κ2) is 6.41. The molecule has 1 aliphatic heterocycles. The molecule has 0 radical (unpaired) electrons. The molecule has 0 saturated carbocycles. The molecule has 100 valence electrons. The smallest absolute Gasteiger partial charge is 0.125 e. The second-order valence-corrected chi connectivity index (χ2v) is 5.19. The quantitative estimate of drug-likeness (QED) is 0.808. The zero-order valence-electron chi connectivity index (χ0n) is 10.7. The molecule has 3 nitrogen and oxygen atoms in total. The van der Waals surface area contributed by atoms with Gasteiger partial charge in [0.2, 0.25) is 0 Å². The zero-order valence-corrected chi connectivity index (χ0v) is 11.5. The lowest BCUT2D eigenvalue weighted by Gasteiger charge is -2.14. The van der Waals surface area contributed by atoms with Crippen LogP contribution < -0.4 is 10.5 Å². The van der Waals surface area contributed by atoms with Crippen LogP contribution in [0.5, 0.6) is 5.75 Å². The van der Waals surface area contributed by atoms with E-state index in [2.05, 4.69) is 0 Å². The van der Waals surface area contributed by atoms with Crippen LogP contribution in [0.3, 0.4) is 0 Å². The topological polar surface area (TPSA) is 44.5 Å². The molecule has 0 bridgehead atoms. The summed E-state index contributed by atoms with van der Waals surface area (Å²) >= 11 is 6.12. The maximum atomic E-state index is 6.14. The van der Waals surface area contributed by atoms with Crippen LogP contribution in [0.15, 0.2) is 12.1 Å². The molecule has 1 aromatic carbocycles. The molecule has 1 unspecified atom stereocenters. The first-order valence-corrected chi connectivity index (χ1v) is 6.77. The highest BCUT2D eigenvalue weighted by Crippen LogP contribution is 2.33. The molecule has 4 heteroatoms. The van der Waals surface area contributed by atoms with Gasteiger partial charge in [-0.2, -0.15) is 0 Å². The van der Waals surface area contributed by atoms with E-state index in [0.717, 1.165) is 55.2 Å². The van der Waals surface area contributed by atoms with Gasteiger partial charge in [-0.15, -0.1) is 0 Å². The van der Waals surface area contributed by atoms with Crippen molar-refractivity contribution in [1.82, 2.24) is 0 Å². The summed E-state index contributed by atoms with van der Waals surface area (Å²) in [5.41, 5.74) is 8.49. The highest BCUT2D eigenvalue weighted by molar-refractivity contribution is 6.30. The maximum Gasteiger partial charge on any atom is 0.125 e. The third-order valence-electron chi connectivity index (χ3n) is 3.23. The Labute approximate surface area is 113 Å². The van der Waals surface area contributed by atoms with Gasteiger partial charge in [-0.05, 0) is 42.5 Å². The third-order valence-corrected chi connectivity index (χ3v) is 3.45. The molecule has 0 aromatic heterocycles. The van der Waals surface area contributed by atoms with E-state index in [0.29, 0.717) is 0 Å². The third kappa shape index (κ3) is 3.37. The number of nitrogens with two attached hydrogens (primary N) is 1. The number of hydrogen-bond acceptors (Lipinski definition) is 3. The Morgan fingerprint density at radius 1 is 1.50 bits per heavy atom. The van der Waals surface area contributed by atoms with Crippen LogP contribution in [0.1, 0.15) is 24.0 Å². The van der Waals surface area contributed by atoms with Crippen LogP contribution >= 0.6 is 11.6 Å². The normalized spacial score (nSPS) is 15.3. The van der Waals surface area contributed by atoms with Crippen molar-refractivity contribution in [1.29, 1.82) is 0 Å². The lowest BCUT2D eigenvalue weighted by Crippen LogP contribution is -2.23. The average Bonchev–Trinajstić information content (AvgIpc) is 2.77.